The highest BCUT2D eigenvalue weighted by Crippen LogP contribution is 2.36. The molecule has 248 valence electrons. The molecule has 0 saturated carbocycles. The number of carbonyl (C=O) groups is 2. The van der Waals surface area contributed by atoms with Crippen LogP contribution in [0.25, 0.3) is 16.8 Å². The number of hydrogen-bond acceptors (Lipinski definition) is 8. The summed E-state index contributed by atoms with van der Waals surface area (Å²) in [5.41, 5.74) is 8.24. The fraction of sp³-hybridized carbons (Fsp3) is 0.265. The number of benzene rings is 2. The summed E-state index contributed by atoms with van der Waals surface area (Å²) in [7, 11) is 1.60. The number of rotatable bonds is 8. The van der Waals surface area contributed by atoms with E-state index in [4.69, 9.17) is 20.2 Å². The second-order valence-corrected chi connectivity index (χ2v) is 11.4. The van der Waals surface area contributed by atoms with E-state index in [-0.39, 0.29) is 35.8 Å². The normalized spacial score (nSPS) is 16.5. The lowest BCUT2D eigenvalue weighted by Gasteiger charge is -2.38. The van der Waals surface area contributed by atoms with Crippen LogP contribution in [0.4, 0.5) is 29.6 Å². The SMILES string of the molecule is COCC1CCC(c2nc(-c3ccc(C(=O)Nc4cc(C(F)(F)F)ccn4)cc3)c3c(N)nccn23)CN1C(=O)OCc1ccccc1. The fourth-order valence-corrected chi connectivity index (χ4v) is 5.85. The first kappa shape index (κ1) is 32.4. The summed E-state index contributed by atoms with van der Waals surface area (Å²) in [4.78, 5) is 41.0. The van der Waals surface area contributed by atoms with E-state index < -0.39 is 23.7 Å². The molecular weight excluding hydrogens is 627 g/mol. The highest BCUT2D eigenvalue weighted by Gasteiger charge is 2.36. The van der Waals surface area contributed by atoms with Gasteiger partial charge in [-0.2, -0.15) is 13.2 Å². The summed E-state index contributed by atoms with van der Waals surface area (Å²) < 4.78 is 52.3. The van der Waals surface area contributed by atoms with Crippen LogP contribution in [0.2, 0.25) is 0 Å². The van der Waals surface area contributed by atoms with Crippen molar-refractivity contribution in [2.24, 2.45) is 0 Å². The summed E-state index contributed by atoms with van der Waals surface area (Å²) in [6.45, 7) is 0.843. The van der Waals surface area contributed by atoms with Crippen LogP contribution in [0.15, 0.2) is 85.3 Å². The molecule has 2 unspecified atom stereocenters. The molecule has 1 fully saturated rings. The monoisotopic (exact) mass is 659 g/mol. The first-order chi connectivity index (χ1) is 23.1. The van der Waals surface area contributed by atoms with Gasteiger partial charge in [-0.3, -0.25) is 9.20 Å². The third-order valence-corrected chi connectivity index (χ3v) is 8.23. The lowest BCUT2D eigenvalue weighted by atomic mass is 9.92. The summed E-state index contributed by atoms with van der Waals surface area (Å²) in [5.74, 6) is -0.0905. The number of nitrogen functional groups attached to an aromatic ring is 1. The Morgan fingerprint density at radius 3 is 2.52 bits per heavy atom. The van der Waals surface area contributed by atoms with Crippen LogP contribution in [-0.4, -0.2) is 62.6 Å². The average Bonchev–Trinajstić information content (AvgIpc) is 3.49. The molecule has 14 heteroatoms. The third kappa shape index (κ3) is 6.93. The first-order valence-corrected chi connectivity index (χ1v) is 15.2. The Morgan fingerprint density at radius 1 is 1.02 bits per heavy atom. The highest BCUT2D eigenvalue weighted by atomic mass is 19.4. The summed E-state index contributed by atoms with van der Waals surface area (Å²) in [5, 5.41) is 2.41. The van der Waals surface area contributed by atoms with Crippen molar-refractivity contribution < 1.29 is 32.2 Å². The standard InChI is InChI=1S/C34H32F3N7O4/c1-47-20-26-12-11-24(18-44(26)33(46)48-19-21-5-3-2-4-6-21)31-42-28(29-30(38)40-15-16-43(29)31)22-7-9-23(10-8-22)32(45)41-27-17-25(13-14-39-27)34(35,36)37/h2-10,13-17,24,26H,11-12,18-20H2,1H3,(H2,38,40)(H,39,41,45). The molecule has 2 aromatic carbocycles. The van der Waals surface area contributed by atoms with Gasteiger partial charge in [-0.25, -0.2) is 19.7 Å². The largest absolute Gasteiger partial charge is 0.445 e. The predicted octanol–water partition coefficient (Wildman–Crippen LogP) is 6.18. The maximum atomic E-state index is 13.3. The van der Waals surface area contributed by atoms with E-state index in [0.717, 1.165) is 30.3 Å². The number of likely N-dealkylation sites (tertiary alicyclic amines) is 1. The number of hydrogen-bond donors (Lipinski definition) is 2. The number of aromatic nitrogens is 4. The summed E-state index contributed by atoms with van der Waals surface area (Å²) in [6, 6.07) is 17.3. The van der Waals surface area contributed by atoms with Crippen LogP contribution < -0.4 is 11.1 Å². The molecule has 6 rings (SSSR count). The minimum absolute atomic E-state index is 0.143. The zero-order valence-corrected chi connectivity index (χ0v) is 25.9. The zero-order valence-electron chi connectivity index (χ0n) is 25.9. The zero-order chi connectivity index (χ0) is 33.8. The Kier molecular flexibility index (Phi) is 9.26. The predicted molar refractivity (Wildman–Crippen MR) is 171 cm³/mol. The number of pyridine rings is 1. The van der Waals surface area contributed by atoms with Gasteiger partial charge in [0.15, 0.2) is 0 Å². The molecule has 11 nitrogen and oxygen atoms in total. The van der Waals surface area contributed by atoms with E-state index in [1.54, 1.807) is 36.5 Å². The lowest BCUT2D eigenvalue weighted by molar-refractivity contribution is -0.137. The van der Waals surface area contributed by atoms with E-state index in [2.05, 4.69) is 15.3 Å². The molecule has 0 aliphatic carbocycles. The fourth-order valence-electron chi connectivity index (χ4n) is 5.85. The van der Waals surface area contributed by atoms with Gasteiger partial charge in [-0.1, -0.05) is 42.5 Å². The smallest absolute Gasteiger partial charge is 0.416 e. The van der Waals surface area contributed by atoms with Crippen LogP contribution in [-0.2, 0) is 22.3 Å². The van der Waals surface area contributed by atoms with Crippen LogP contribution in [0.1, 0.15) is 46.1 Å². The number of alkyl halides is 3. The van der Waals surface area contributed by atoms with Crippen LogP contribution >= 0.6 is 0 Å². The minimum Gasteiger partial charge on any atom is -0.445 e. The van der Waals surface area contributed by atoms with Gasteiger partial charge in [-0.05, 0) is 42.7 Å². The number of piperidine rings is 1. The number of amides is 2. The van der Waals surface area contributed by atoms with Crippen LogP contribution in [0.5, 0.6) is 0 Å². The molecule has 0 spiro atoms. The van der Waals surface area contributed by atoms with Gasteiger partial charge in [0, 0.05) is 49.3 Å². The molecule has 5 aromatic rings. The number of ether oxygens (including phenoxy) is 2. The van der Waals surface area contributed by atoms with E-state index in [1.807, 2.05) is 34.7 Å². The second-order valence-electron chi connectivity index (χ2n) is 11.4. The maximum absolute atomic E-state index is 13.3. The number of anilines is 2. The number of nitrogens with zero attached hydrogens (tertiary/aromatic N) is 5. The molecule has 3 N–H and O–H groups in total. The Hall–Kier alpha value is -5.50. The molecule has 3 aromatic heterocycles. The minimum atomic E-state index is -4.57. The molecule has 1 saturated heterocycles. The van der Waals surface area contributed by atoms with E-state index in [9.17, 15) is 22.8 Å². The maximum Gasteiger partial charge on any atom is 0.416 e. The topological polar surface area (TPSA) is 137 Å². The van der Waals surface area contributed by atoms with Crippen molar-refractivity contribution in [3.05, 3.63) is 108 Å². The molecule has 2 amide bonds. The van der Waals surface area contributed by atoms with E-state index in [0.29, 0.717) is 42.2 Å². The van der Waals surface area contributed by atoms with Gasteiger partial charge in [-0.15, -0.1) is 0 Å². The Morgan fingerprint density at radius 2 is 1.79 bits per heavy atom. The van der Waals surface area contributed by atoms with Crippen LogP contribution in [0, 0.1) is 0 Å². The number of methoxy groups -OCH3 is 1. The molecule has 4 heterocycles. The number of nitrogens with one attached hydrogen (secondary N) is 1. The Bertz CT molecular complexity index is 1920. The quantitative estimate of drug-likeness (QED) is 0.202. The first-order valence-electron chi connectivity index (χ1n) is 15.2. The van der Waals surface area contributed by atoms with Crippen molar-refractivity contribution in [3.63, 3.8) is 0 Å². The van der Waals surface area contributed by atoms with Crippen molar-refractivity contribution in [1.82, 2.24) is 24.3 Å². The molecule has 0 radical (unpaired) electrons. The van der Waals surface area contributed by atoms with Gasteiger partial charge in [0.1, 0.15) is 35.3 Å². The number of imidazole rings is 1. The van der Waals surface area contributed by atoms with Crippen LogP contribution in [0.3, 0.4) is 0 Å². The van der Waals surface area contributed by atoms with Crippen molar-refractivity contribution >= 4 is 29.2 Å². The summed E-state index contributed by atoms with van der Waals surface area (Å²) in [6.07, 6.45) is 0.699. The molecule has 0 bridgehead atoms. The lowest BCUT2D eigenvalue weighted by Crippen LogP contribution is -2.48. The molecular formula is C34H32F3N7O4. The van der Waals surface area contributed by atoms with Crippen molar-refractivity contribution in [1.29, 1.82) is 0 Å². The number of nitrogens with two attached hydrogens (primary N) is 1. The average molecular weight is 660 g/mol. The van der Waals surface area contributed by atoms with E-state index in [1.165, 1.54) is 12.1 Å². The molecule has 48 heavy (non-hydrogen) atoms. The Balaban J connectivity index is 1.24. The Labute approximate surface area is 273 Å². The second kappa shape index (κ2) is 13.7. The van der Waals surface area contributed by atoms with Gasteiger partial charge < -0.3 is 25.4 Å². The highest BCUT2D eigenvalue weighted by molar-refractivity contribution is 6.04. The van der Waals surface area contributed by atoms with Gasteiger partial charge in [0.05, 0.1) is 18.2 Å². The van der Waals surface area contributed by atoms with Gasteiger partial charge in [0.2, 0.25) is 0 Å². The van der Waals surface area contributed by atoms with Gasteiger partial charge in [0.25, 0.3) is 5.91 Å². The van der Waals surface area contributed by atoms with E-state index >= 15 is 0 Å². The number of halogens is 3. The van der Waals surface area contributed by atoms with Crippen molar-refractivity contribution in [2.75, 3.05) is 31.3 Å². The summed E-state index contributed by atoms with van der Waals surface area (Å²) >= 11 is 0. The molecule has 1 aliphatic rings. The molecule has 2 atom stereocenters. The van der Waals surface area contributed by atoms with Gasteiger partial charge >= 0.3 is 12.3 Å². The van der Waals surface area contributed by atoms with Crippen molar-refractivity contribution in [3.8, 4) is 11.3 Å². The van der Waals surface area contributed by atoms with Crippen molar-refractivity contribution in [2.45, 2.75) is 37.6 Å². The number of carbonyl (C=O) groups excluding carboxylic acids is 2. The number of fused-ring (bicyclic) bond motifs is 1. The third-order valence-electron chi connectivity index (χ3n) is 8.23. The molecule has 1 aliphatic heterocycles.